The molecule has 1 fully saturated rings. The van der Waals surface area contributed by atoms with Gasteiger partial charge in [0.15, 0.2) is 11.5 Å². The fourth-order valence-corrected chi connectivity index (χ4v) is 5.19. The van der Waals surface area contributed by atoms with Gasteiger partial charge in [-0.2, -0.15) is 10.1 Å². The highest BCUT2D eigenvalue weighted by Gasteiger charge is 2.26. The zero-order valence-electron chi connectivity index (χ0n) is 17.6. The lowest BCUT2D eigenvalue weighted by Crippen LogP contribution is -2.15. The van der Waals surface area contributed by atoms with Gasteiger partial charge in [0.2, 0.25) is 5.88 Å². The van der Waals surface area contributed by atoms with Crippen LogP contribution in [0.3, 0.4) is 0 Å². The van der Waals surface area contributed by atoms with Crippen LogP contribution in [0.4, 0.5) is 10.1 Å². The summed E-state index contributed by atoms with van der Waals surface area (Å²) >= 11 is 5.82. The molecular weight excluding hydrogens is 485 g/mol. The molecule has 2 unspecified atom stereocenters. The smallest absolute Gasteiger partial charge is 0.264 e. The lowest BCUT2D eigenvalue weighted by molar-refractivity contribution is 0.148. The fraction of sp³-hybridized carbons (Fsp3) is 0.227. The summed E-state index contributed by atoms with van der Waals surface area (Å²) in [5.74, 6) is -0.202. The number of rotatable bonds is 6. The molecular formula is C22H19ClFN5O4S. The van der Waals surface area contributed by atoms with Crippen molar-refractivity contribution < 1.29 is 22.7 Å². The molecule has 2 atom stereocenters. The van der Waals surface area contributed by atoms with Crippen LogP contribution in [-0.2, 0) is 10.0 Å². The molecule has 0 amide bonds. The second kappa shape index (κ2) is 8.82. The Kier molecular flexibility index (Phi) is 5.84. The molecule has 0 radical (unpaired) electrons. The zero-order chi connectivity index (χ0) is 23.9. The lowest BCUT2D eigenvalue weighted by Gasteiger charge is -2.14. The highest BCUT2D eigenvalue weighted by molar-refractivity contribution is 7.92. The number of hydrogen-bond acceptors (Lipinski definition) is 7. The number of nitrogens with one attached hydrogen (secondary N) is 2. The van der Waals surface area contributed by atoms with E-state index in [0.717, 1.165) is 18.6 Å². The lowest BCUT2D eigenvalue weighted by atomic mass is 10.2. The Morgan fingerprint density at radius 2 is 1.94 bits per heavy atom. The molecule has 0 aliphatic heterocycles. The molecule has 1 aliphatic carbocycles. The second-order valence-electron chi connectivity index (χ2n) is 7.95. The Bertz CT molecular complexity index is 1460. The number of aromatic amines is 1. The van der Waals surface area contributed by atoms with Gasteiger partial charge >= 0.3 is 0 Å². The molecule has 4 aromatic rings. The van der Waals surface area contributed by atoms with Gasteiger partial charge in [-0.1, -0.05) is 11.6 Å². The number of halogens is 2. The number of aromatic nitrogens is 4. The molecule has 0 spiro atoms. The van der Waals surface area contributed by atoms with Crippen molar-refractivity contribution in [2.45, 2.75) is 36.4 Å². The molecule has 1 saturated carbocycles. The van der Waals surface area contributed by atoms with Crippen molar-refractivity contribution in [2.24, 2.45) is 0 Å². The van der Waals surface area contributed by atoms with Crippen LogP contribution in [-0.4, -0.2) is 45.9 Å². The summed E-state index contributed by atoms with van der Waals surface area (Å²) in [7, 11) is -4.18. The predicted molar refractivity (Wildman–Crippen MR) is 124 cm³/mol. The van der Waals surface area contributed by atoms with Crippen molar-refractivity contribution in [2.75, 3.05) is 4.72 Å². The standard InChI is InChI=1S/C22H19ClFN5O4S/c23-13-3-8-18(24)19(9-13)34(31,32)29-14-4-1-12(2-5-14)20-26-21-17(11-25-28-21)22(27-20)33-16-7-6-15(30)10-16/h1-5,8-9,11,15-16,29-30H,6-7,10H2,(H,25,26,27,28). The first-order chi connectivity index (χ1) is 16.3. The molecule has 9 nitrogen and oxygen atoms in total. The molecule has 0 bridgehead atoms. The second-order valence-corrected chi connectivity index (χ2v) is 10.0. The SMILES string of the molecule is O=S(=O)(Nc1ccc(-c2nc(OC3CCC(O)C3)c3cn[nH]c3n2)cc1)c1cc(Cl)ccc1F. The first kappa shape index (κ1) is 22.5. The molecule has 2 aromatic heterocycles. The van der Waals surface area contributed by atoms with E-state index in [4.69, 9.17) is 16.3 Å². The first-order valence-electron chi connectivity index (χ1n) is 10.4. The van der Waals surface area contributed by atoms with E-state index in [9.17, 15) is 17.9 Å². The van der Waals surface area contributed by atoms with Crippen LogP contribution in [0.5, 0.6) is 5.88 Å². The van der Waals surface area contributed by atoms with Crippen molar-refractivity contribution in [1.29, 1.82) is 0 Å². The number of aliphatic hydroxyl groups excluding tert-OH is 1. The van der Waals surface area contributed by atoms with E-state index in [0.29, 0.717) is 41.1 Å². The monoisotopic (exact) mass is 503 g/mol. The van der Waals surface area contributed by atoms with Crippen LogP contribution in [0.25, 0.3) is 22.4 Å². The molecule has 1 aliphatic rings. The van der Waals surface area contributed by atoms with E-state index in [1.807, 2.05) is 0 Å². The molecule has 2 heterocycles. The highest BCUT2D eigenvalue weighted by Crippen LogP contribution is 2.30. The van der Waals surface area contributed by atoms with Crippen molar-refractivity contribution >= 4 is 38.3 Å². The van der Waals surface area contributed by atoms with E-state index in [1.54, 1.807) is 18.3 Å². The van der Waals surface area contributed by atoms with E-state index in [1.165, 1.54) is 18.2 Å². The molecule has 0 saturated heterocycles. The molecule has 34 heavy (non-hydrogen) atoms. The van der Waals surface area contributed by atoms with E-state index in [-0.39, 0.29) is 22.9 Å². The molecule has 3 N–H and O–H groups in total. The van der Waals surface area contributed by atoms with Crippen LogP contribution in [0.15, 0.2) is 53.6 Å². The summed E-state index contributed by atoms with van der Waals surface area (Å²) in [5, 5.41) is 17.3. The van der Waals surface area contributed by atoms with Gasteiger partial charge in [-0.3, -0.25) is 9.82 Å². The molecule has 176 valence electrons. The topological polar surface area (TPSA) is 130 Å². The van der Waals surface area contributed by atoms with Gasteiger partial charge in [0.05, 0.1) is 12.3 Å². The Morgan fingerprint density at radius 1 is 1.15 bits per heavy atom. The summed E-state index contributed by atoms with van der Waals surface area (Å²) in [6.45, 7) is 0. The quantitative estimate of drug-likeness (QED) is 0.363. The van der Waals surface area contributed by atoms with Gasteiger partial charge in [-0.25, -0.2) is 17.8 Å². The number of sulfonamides is 1. The average Bonchev–Trinajstić information content (AvgIpc) is 3.44. The number of hydrogen-bond donors (Lipinski definition) is 3. The van der Waals surface area contributed by atoms with Crippen LogP contribution >= 0.6 is 11.6 Å². The van der Waals surface area contributed by atoms with Crippen molar-refractivity contribution in [3.8, 4) is 17.3 Å². The Balaban J connectivity index is 1.41. The molecule has 12 heteroatoms. The maximum atomic E-state index is 14.0. The van der Waals surface area contributed by atoms with Crippen LogP contribution in [0, 0.1) is 5.82 Å². The predicted octanol–water partition coefficient (Wildman–Crippen LogP) is 3.91. The number of anilines is 1. The Labute approximate surface area is 199 Å². The highest BCUT2D eigenvalue weighted by atomic mass is 35.5. The minimum absolute atomic E-state index is 0.105. The first-order valence-corrected chi connectivity index (χ1v) is 12.3. The third-order valence-corrected chi connectivity index (χ3v) is 7.12. The van der Waals surface area contributed by atoms with Crippen molar-refractivity contribution in [3.63, 3.8) is 0 Å². The van der Waals surface area contributed by atoms with E-state index in [2.05, 4.69) is 24.9 Å². The Hall–Kier alpha value is -3.28. The summed E-state index contributed by atoms with van der Waals surface area (Å²) in [4.78, 5) is 8.45. The van der Waals surface area contributed by atoms with E-state index < -0.39 is 20.7 Å². The Morgan fingerprint density at radius 3 is 2.68 bits per heavy atom. The maximum absolute atomic E-state index is 14.0. The maximum Gasteiger partial charge on any atom is 0.264 e. The minimum Gasteiger partial charge on any atom is -0.474 e. The zero-order valence-corrected chi connectivity index (χ0v) is 19.1. The van der Waals surface area contributed by atoms with Gasteiger partial charge in [0.25, 0.3) is 10.0 Å². The minimum atomic E-state index is -4.18. The molecule has 2 aromatic carbocycles. The average molecular weight is 504 g/mol. The van der Waals surface area contributed by atoms with Crippen LogP contribution in [0.2, 0.25) is 5.02 Å². The van der Waals surface area contributed by atoms with Crippen LogP contribution < -0.4 is 9.46 Å². The van der Waals surface area contributed by atoms with Gasteiger partial charge in [-0.05, 0) is 55.3 Å². The number of H-pyrrole nitrogens is 1. The third-order valence-electron chi connectivity index (χ3n) is 5.49. The van der Waals surface area contributed by atoms with Gasteiger partial charge < -0.3 is 9.84 Å². The van der Waals surface area contributed by atoms with Crippen molar-refractivity contribution in [1.82, 2.24) is 20.2 Å². The summed E-state index contributed by atoms with van der Waals surface area (Å²) < 4.78 is 47.6. The fourth-order valence-electron chi connectivity index (χ4n) is 3.79. The van der Waals surface area contributed by atoms with Crippen molar-refractivity contribution in [3.05, 3.63) is 59.5 Å². The van der Waals surface area contributed by atoms with Gasteiger partial charge in [-0.15, -0.1) is 0 Å². The normalized spacial score (nSPS) is 18.3. The number of aliphatic hydroxyl groups is 1. The summed E-state index contributed by atoms with van der Waals surface area (Å²) in [5.41, 5.74) is 1.31. The van der Waals surface area contributed by atoms with Gasteiger partial charge in [0.1, 0.15) is 22.2 Å². The summed E-state index contributed by atoms with van der Waals surface area (Å²) in [6, 6.07) is 9.61. The number of nitrogens with zero attached hydrogens (tertiary/aromatic N) is 3. The largest absolute Gasteiger partial charge is 0.474 e. The number of benzene rings is 2. The molecule has 5 rings (SSSR count). The third kappa shape index (κ3) is 4.54. The van der Waals surface area contributed by atoms with Gasteiger partial charge in [0, 0.05) is 22.7 Å². The number of ether oxygens (including phenoxy) is 1. The van der Waals surface area contributed by atoms with Crippen LogP contribution in [0.1, 0.15) is 19.3 Å². The summed E-state index contributed by atoms with van der Waals surface area (Å²) in [6.07, 6.45) is 2.96. The number of fused-ring (bicyclic) bond motifs is 1. The van der Waals surface area contributed by atoms with E-state index >= 15 is 0 Å².